The van der Waals surface area contributed by atoms with Gasteiger partial charge in [-0.05, 0) is 13.3 Å². The van der Waals surface area contributed by atoms with E-state index in [1.54, 1.807) is 6.92 Å². The van der Waals surface area contributed by atoms with E-state index >= 15 is 0 Å². The molecule has 0 aromatic carbocycles. The SMILES string of the molecule is CC[C@H]1OC(C)[C@@H](F)[C@@H]1C. The molecule has 0 N–H and O–H groups in total. The van der Waals surface area contributed by atoms with Crippen LogP contribution in [-0.4, -0.2) is 18.4 Å². The zero-order valence-electron chi connectivity index (χ0n) is 6.80. The van der Waals surface area contributed by atoms with Crippen LogP contribution in [0.4, 0.5) is 4.39 Å². The van der Waals surface area contributed by atoms with Crippen LogP contribution >= 0.6 is 0 Å². The number of hydrogen-bond acceptors (Lipinski definition) is 1. The standard InChI is InChI=1S/C8H15FO/c1-4-7-5(2)8(9)6(3)10-7/h5-8H,4H2,1-3H3/t5-,6?,7-,8+/m1/s1. The Morgan fingerprint density at radius 3 is 2.20 bits per heavy atom. The van der Waals surface area contributed by atoms with E-state index in [1.807, 2.05) is 13.8 Å². The normalized spacial score (nSPS) is 48.0. The molecule has 1 unspecified atom stereocenters. The summed E-state index contributed by atoms with van der Waals surface area (Å²) in [7, 11) is 0. The molecule has 60 valence electrons. The van der Waals surface area contributed by atoms with Crippen LogP contribution < -0.4 is 0 Å². The van der Waals surface area contributed by atoms with Crippen molar-refractivity contribution in [3.63, 3.8) is 0 Å². The number of halogens is 1. The first-order valence-electron chi connectivity index (χ1n) is 3.96. The molecule has 0 bridgehead atoms. The summed E-state index contributed by atoms with van der Waals surface area (Å²) in [6, 6.07) is 0. The Bertz CT molecular complexity index is 116. The molecule has 4 atom stereocenters. The second-order valence-electron chi connectivity index (χ2n) is 3.09. The van der Waals surface area contributed by atoms with Gasteiger partial charge in [0.1, 0.15) is 6.17 Å². The molecule has 0 spiro atoms. The number of rotatable bonds is 1. The third-order valence-corrected chi connectivity index (χ3v) is 2.33. The minimum Gasteiger partial charge on any atom is -0.372 e. The summed E-state index contributed by atoms with van der Waals surface area (Å²) >= 11 is 0. The monoisotopic (exact) mass is 146 g/mol. The van der Waals surface area contributed by atoms with Crippen molar-refractivity contribution in [1.82, 2.24) is 0 Å². The topological polar surface area (TPSA) is 9.23 Å². The fraction of sp³-hybridized carbons (Fsp3) is 1.00. The van der Waals surface area contributed by atoms with E-state index in [1.165, 1.54) is 0 Å². The van der Waals surface area contributed by atoms with Gasteiger partial charge in [0.25, 0.3) is 0 Å². The van der Waals surface area contributed by atoms with Crippen LogP contribution in [-0.2, 0) is 4.74 Å². The first-order chi connectivity index (χ1) is 4.66. The molecular formula is C8H15FO. The minimum absolute atomic E-state index is 0.0833. The fourth-order valence-corrected chi connectivity index (χ4v) is 1.58. The molecule has 1 saturated heterocycles. The van der Waals surface area contributed by atoms with Gasteiger partial charge < -0.3 is 4.74 Å². The van der Waals surface area contributed by atoms with Crippen LogP contribution in [0.15, 0.2) is 0 Å². The van der Waals surface area contributed by atoms with Gasteiger partial charge in [-0.3, -0.25) is 0 Å². The maximum Gasteiger partial charge on any atom is 0.131 e. The Hall–Kier alpha value is -0.110. The van der Waals surface area contributed by atoms with Crippen molar-refractivity contribution < 1.29 is 9.13 Å². The molecule has 0 aliphatic carbocycles. The lowest BCUT2D eigenvalue weighted by molar-refractivity contribution is 0.0349. The zero-order valence-corrected chi connectivity index (χ0v) is 6.80. The van der Waals surface area contributed by atoms with Gasteiger partial charge in [0, 0.05) is 5.92 Å². The molecule has 1 heterocycles. The second-order valence-corrected chi connectivity index (χ2v) is 3.09. The first-order valence-corrected chi connectivity index (χ1v) is 3.96. The van der Waals surface area contributed by atoms with Gasteiger partial charge in [0.05, 0.1) is 12.2 Å². The lowest BCUT2D eigenvalue weighted by Gasteiger charge is -2.10. The molecule has 0 radical (unpaired) electrons. The Kier molecular flexibility index (Phi) is 2.29. The molecule has 1 aliphatic heterocycles. The molecule has 2 heteroatoms. The molecule has 0 aromatic rings. The molecule has 0 amide bonds. The van der Waals surface area contributed by atoms with Crippen molar-refractivity contribution in [2.45, 2.75) is 45.6 Å². The van der Waals surface area contributed by atoms with Crippen LogP contribution in [0.25, 0.3) is 0 Å². The molecule has 1 rings (SSSR count). The van der Waals surface area contributed by atoms with E-state index in [9.17, 15) is 4.39 Å². The average Bonchev–Trinajstić information content (AvgIpc) is 2.17. The van der Waals surface area contributed by atoms with E-state index in [0.29, 0.717) is 0 Å². The Morgan fingerprint density at radius 1 is 1.40 bits per heavy atom. The van der Waals surface area contributed by atoms with Gasteiger partial charge in [0.15, 0.2) is 0 Å². The third-order valence-electron chi connectivity index (χ3n) is 2.33. The van der Waals surface area contributed by atoms with Crippen LogP contribution in [0.5, 0.6) is 0 Å². The highest BCUT2D eigenvalue weighted by molar-refractivity contribution is 4.84. The Morgan fingerprint density at radius 2 is 2.00 bits per heavy atom. The van der Waals surface area contributed by atoms with Crippen LogP contribution in [0, 0.1) is 5.92 Å². The van der Waals surface area contributed by atoms with Gasteiger partial charge >= 0.3 is 0 Å². The predicted octanol–water partition coefficient (Wildman–Crippen LogP) is 2.16. The van der Waals surface area contributed by atoms with E-state index in [2.05, 4.69) is 0 Å². The highest BCUT2D eigenvalue weighted by atomic mass is 19.1. The van der Waals surface area contributed by atoms with E-state index < -0.39 is 6.17 Å². The average molecular weight is 146 g/mol. The van der Waals surface area contributed by atoms with Crippen molar-refractivity contribution >= 4 is 0 Å². The molecule has 1 fully saturated rings. The highest BCUT2D eigenvalue weighted by Crippen LogP contribution is 2.30. The van der Waals surface area contributed by atoms with Crippen molar-refractivity contribution in [2.75, 3.05) is 0 Å². The number of ether oxygens (including phenoxy) is 1. The third kappa shape index (κ3) is 1.17. The second kappa shape index (κ2) is 2.87. The smallest absolute Gasteiger partial charge is 0.131 e. The first kappa shape index (κ1) is 7.99. The summed E-state index contributed by atoms with van der Waals surface area (Å²) in [5, 5.41) is 0. The van der Waals surface area contributed by atoms with Crippen molar-refractivity contribution in [3.8, 4) is 0 Å². The van der Waals surface area contributed by atoms with Gasteiger partial charge in [-0.25, -0.2) is 4.39 Å². The molecule has 0 saturated carbocycles. The minimum atomic E-state index is -0.759. The maximum atomic E-state index is 13.0. The van der Waals surface area contributed by atoms with E-state index in [0.717, 1.165) is 6.42 Å². The maximum absolute atomic E-state index is 13.0. The van der Waals surface area contributed by atoms with Gasteiger partial charge in [-0.15, -0.1) is 0 Å². The summed E-state index contributed by atoms with van der Waals surface area (Å²) < 4.78 is 18.4. The molecular weight excluding hydrogens is 131 g/mol. The zero-order chi connectivity index (χ0) is 7.72. The molecule has 1 aliphatic rings. The van der Waals surface area contributed by atoms with Gasteiger partial charge in [-0.2, -0.15) is 0 Å². The van der Waals surface area contributed by atoms with Gasteiger partial charge in [-0.1, -0.05) is 13.8 Å². The largest absolute Gasteiger partial charge is 0.372 e. The summed E-state index contributed by atoms with van der Waals surface area (Å²) in [5.41, 5.74) is 0. The van der Waals surface area contributed by atoms with Crippen molar-refractivity contribution in [2.24, 2.45) is 5.92 Å². The quantitative estimate of drug-likeness (QED) is 0.550. The number of alkyl halides is 1. The van der Waals surface area contributed by atoms with Crippen molar-refractivity contribution in [3.05, 3.63) is 0 Å². The van der Waals surface area contributed by atoms with Gasteiger partial charge in [0.2, 0.25) is 0 Å². The summed E-state index contributed by atoms with van der Waals surface area (Å²) in [6.07, 6.45) is 0.112. The predicted molar refractivity (Wildman–Crippen MR) is 38.7 cm³/mol. The Labute approximate surface area is 61.6 Å². The fourth-order valence-electron chi connectivity index (χ4n) is 1.58. The lowest BCUT2D eigenvalue weighted by atomic mass is 9.99. The summed E-state index contributed by atoms with van der Waals surface area (Å²) in [5.74, 6) is 0.0833. The van der Waals surface area contributed by atoms with Crippen LogP contribution in [0.1, 0.15) is 27.2 Å². The highest BCUT2D eigenvalue weighted by Gasteiger charge is 2.38. The molecule has 0 aromatic heterocycles. The lowest BCUT2D eigenvalue weighted by Crippen LogP contribution is -2.18. The van der Waals surface area contributed by atoms with E-state index in [4.69, 9.17) is 4.74 Å². The number of hydrogen-bond donors (Lipinski definition) is 0. The van der Waals surface area contributed by atoms with Crippen LogP contribution in [0.3, 0.4) is 0 Å². The molecule has 1 nitrogen and oxygen atoms in total. The summed E-state index contributed by atoms with van der Waals surface area (Å²) in [6.45, 7) is 5.76. The summed E-state index contributed by atoms with van der Waals surface area (Å²) in [4.78, 5) is 0. The van der Waals surface area contributed by atoms with Crippen molar-refractivity contribution in [1.29, 1.82) is 0 Å². The van der Waals surface area contributed by atoms with E-state index in [-0.39, 0.29) is 18.1 Å². The van der Waals surface area contributed by atoms with Crippen LogP contribution in [0.2, 0.25) is 0 Å². The molecule has 10 heavy (non-hydrogen) atoms. The Balaban J connectivity index is 2.53.